The van der Waals surface area contributed by atoms with Crippen LogP contribution in [0.1, 0.15) is 5.82 Å². The van der Waals surface area contributed by atoms with Gasteiger partial charge < -0.3 is 15.1 Å². The van der Waals surface area contributed by atoms with Crippen molar-refractivity contribution in [3.63, 3.8) is 0 Å². The molecule has 1 aromatic heterocycles. The molecule has 0 bridgehead atoms. The summed E-state index contributed by atoms with van der Waals surface area (Å²) in [6.45, 7) is 3.91. The van der Waals surface area contributed by atoms with E-state index in [0.717, 1.165) is 49.3 Å². The van der Waals surface area contributed by atoms with Crippen molar-refractivity contribution in [2.24, 2.45) is 4.99 Å². The summed E-state index contributed by atoms with van der Waals surface area (Å²) >= 11 is 0. The van der Waals surface area contributed by atoms with E-state index in [1.54, 1.807) is 13.4 Å². The van der Waals surface area contributed by atoms with E-state index in [1.165, 1.54) is 12.1 Å². The Morgan fingerprint density at radius 3 is 2.37 bits per heavy atom. The molecule has 0 unspecified atom stereocenters. The van der Waals surface area contributed by atoms with E-state index in [1.807, 2.05) is 47.0 Å². The van der Waals surface area contributed by atoms with E-state index in [9.17, 15) is 4.39 Å². The smallest absolute Gasteiger partial charge is 0.194 e. The summed E-state index contributed by atoms with van der Waals surface area (Å²) in [6, 6.07) is 16.7. The SMILES string of the molecule is CN=C(NCc1nncn1-c1ccccc1)N1CCN(c2ccc(F)cc2)CC1.I. The van der Waals surface area contributed by atoms with E-state index < -0.39 is 0 Å². The van der Waals surface area contributed by atoms with Crippen molar-refractivity contribution >= 4 is 35.6 Å². The maximum absolute atomic E-state index is 13.1. The number of para-hydroxylation sites is 1. The molecule has 4 rings (SSSR count). The lowest BCUT2D eigenvalue weighted by molar-refractivity contribution is 0.372. The van der Waals surface area contributed by atoms with Gasteiger partial charge in [0.05, 0.1) is 6.54 Å². The number of aliphatic imine (C=N–C) groups is 1. The number of benzene rings is 2. The first-order valence-corrected chi connectivity index (χ1v) is 9.65. The standard InChI is InChI=1S/C21H24FN7.HI/c1-23-21(24-15-20-26-25-16-29(20)19-5-3-2-4-6-19)28-13-11-27(12-14-28)18-9-7-17(22)8-10-18;/h2-10,16H,11-15H2,1H3,(H,23,24);1H. The van der Waals surface area contributed by atoms with Crippen LogP contribution in [0.3, 0.4) is 0 Å². The molecule has 1 aliphatic rings. The molecule has 2 aromatic carbocycles. The Morgan fingerprint density at radius 2 is 1.70 bits per heavy atom. The van der Waals surface area contributed by atoms with Crippen LogP contribution < -0.4 is 10.2 Å². The number of nitrogens with zero attached hydrogens (tertiary/aromatic N) is 6. The molecule has 1 N–H and O–H groups in total. The van der Waals surface area contributed by atoms with Gasteiger partial charge in [0, 0.05) is 44.6 Å². The maximum Gasteiger partial charge on any atom is 0.194 e. The molecule has 30 heavy (non-hydrogen) atoms. The van der Waals surface area contributed by atoms with Gasteiger partial charge in [0.1, 0.15) is 12.1 Å². The number of hydrogen-bond acceptors (Lipinski definition) is 4. The number of guanidine groups is 1. The van der Waals surface area contributed by atoms with E-state index in [0.29, 0.717) is 6.54 Å². The van der Waals surface area contributed by atoms with Crippen LogP contribution in [0.4, 0.5) is 10.1 Å². The third-order valence-corrected chi connectivity index (χ3v) is 5.04. The Balaban J connectivity index is 0.00000256. The molecular formula is C21H25FIN7. The second kappa shape index (κ2) is 10.4. The second-order valence-corrected chi connectivity index (χ2v) is 6.80. The molecular weight excluding hydrogens is 496 g/mol. The molecule has 0 spiro atoms. The van der Waals surface area contributed by atoms with Gasteiger partial charge in [-0.15, -0.1) is 34.2 Å². The van der Waals surface area contributed by atoms with E-state index in [-0.39, 0.29) is 29.8 Å². The molecule has 0 aliphatic carbocycles. The molecule has 0 saturated carbocycles. The average Bonchev–Trinajstić information content (AvgIpc) is 3.24. The summed E-state index contributed by atoms with van der Waals surface area (Å²) in [5.74, 6) is 1.45. The molecule has 158 valence electrons. The zero-order valence-electron chi connectivity index (χ0n) is 16.8. The lowest BCUT2D eigenvalue weighted by atomic mass is 10.2. The highest BCUT2D eigenvalue weighted by Gasteiger charge is 2.20. The summed E-state index contributed by atoms with van der Waals surface area (Å²) < 4.78 is 15.1. The van der Waals surface area contributed by atoms with Gasteiger partial charge in [-0.25, -0.2) is 4.39 Å². The Kier molecular flexibility index (Phi) is 7.61. The minimum Gasteiger partial charge on any atom is -0.368 e. The molecule has 1 fully saturated rings. The minimum absolute atomic E-state index is 0. The second-order valence-electron chi connectivity index (χ2n) is 6.80. The number of rotatable bonds is 4. The van der Waals surface area contributed by atoms with Crippen molar-refractivity contribution in [2.45, 2.75) is 6.54 Å². The summed E-state index contributed by atoms with van der Waals surface area (Å²) in [7, 11) is 1.79. The van der Waals surface area contributed by atoms with Crippen molar-refractivity contribution < 1.29 is 4.39 Å². The van der Waals surface area contributed by atoms with Crippen molar-refractivity contribution in [3.8, 4) is 5.69 Å². The highest BCUT2D eigenvalue weighted by atomic mass is 127. The fraction of sp³-hybridized carbons (Fsp3) is 0.286. The van der Waals surface area contributed by atoms with E-state index >= 15 is 0 Å². The van der Waals surface area contributed by atoms with Crippen LogP contribution >= 0.6 is 24.0 Å². The lowest BCUT2D eigenvalue weighted by Gasteiger charge is -2.37. The quantitative estimate of drug-likeness (QED) is 0.325. The molecule has 2 heterocycles. The number of halogens is 2. The van der Waals surface area contributed by atoms with E-state index in [2.05, 4.69) is 30.3 Å². The van der Waals surface area contributed by atoms with Gasteiger partial charge in [0.25, 0.3) is 0 Å². The summed E-state index contributed by atoms with van der Waals surface area (Å²) in [5, 5.41) is 11.7. The van der Waals surface area contributed by atoms with Gasteiger partial charge in [-0.3, -0.25) is 9.56 Å². The number of piperazine rings is 1. The van der Waals surface area contributed by atoms with Crippen molar-refractivity contribution in [3.05, 3.63) is 72.6 Å². The van der Waals surface area contributed by atoms with Gasteiger partial charge in [0.15, 0.2) is 11.8 Å². The third kappa shape index (κ3) is 5.07. The van der Waals surface area contributed by atoms with Crippen LogP contribution in [0.25, 0.3) is 5.69 Å². The first-order chi connectivity index (χ1) is 14.2. The topological polar surface area (TPSA) is 61.6 Å². The van der Waals surface area contributed by atoms with Crippen LogP contribution in [0.15, 0.2) is 65.9 Å². The Hall–Kier alpha value is -2.69. The largest absolute Gasteiger partial charge is 0.368 e. The fourth-order valence-corrected chi connectivity index (χ4v) is 3.50. The Morgan fingerprint density at radius 1 is 1.00 bits per heavy atom. The highest BCUT2D eigenvalue weighted by Crippen LogP contribution is 2.17. The average molecular weight is 521 g/mol. The highest BCUT2D eigenvalue weighted by molar-refractivity contribution is 14.0. The van der Waals surface area contributed by atoms with Crippen LogP contribution in [0.2, 0.25) is 0 Å². The lowest BCUT2D eigenvalue weighted by Crippen LogP contribution is -2.52. The van der Waals surface area contributed by atoms with E-state index in [4.69, 9.17) is 0 Å². The monoisotopic (exact) mass is 521 g/mol. The van der Waals surface area contributed by atoms with Crippen molar-refractivity contribution in [2.75, 3.05) is 38.1 Å². The van der Waals surface area contributed by atoms with Crippen LogP contribution in [-0.4, -0.2) is 58.9 Å². The van der Waals surface area contributed by atoms with Gasteiger partial charge in [-0.2, -0.15) is 0 Å². The molecule has 9 heteroatoms. The molecule has 3 aromatic rings. The molecule has 0 atom stereocenters. The molecule has 0 radical (unpaired) electrons. The predicted molar refractivity (Wildman–Crippen MR) is 127 cm³/mol. The Labute approximate surface area is 192 Å². The van der Waals surface area contributed by atoms with Crippen molar-refractivity contribution in [1.29, 1.82) is 0 Å². The van der Waals surface area contributed by atoms with Gasteiger partial charge in [-0.05, 0) is 36.4 Å². The normalized spacial score (nSPS) is 14.4. The summed E-state index contributed by atoms with van der Waals surface area (Å²) in [5.41, 5.74) is 2.07. The van der Waals surface area contributed by atoms with Crippen molar-refractivity contribution in [1.82, 2.24) is 25.0 Å². The fourth-order valence-electron chi connectivity index (χ4n) is 3.50. The van der Waals surface area contributed by atoms with Gasteiger partial charge in [0.2, 0.25) is 0 Å². The zero-order valence-corrected chi connectivity index (χ0v) is 19.1. The first-order valence-electron chi connectivity index (χ1n) is 9.65. The molecule has 0 amide bonds. The predicted octanol–water partition coefficient (Wildman–Crippen LogP) is 2.92. The van der Waals surface area contributed by atoms with Crippen LogP contribution in [0, 0.1) is 5.82 Å². The molecule has 1 aliphatic heterocycles. The summed E-state index contributed by atoms with van der Waals surface area (Å²) in [4.78, 5) is 8.91. The number of anilines is 1. The molecule has 1 saturated heterocycles. The first kappa shape index (κ1) is 22.0. The molecule has 7 nitrogen and oxygen atoms in total. The van der Waals surface area contributed by atoms with Gasteiger partial charge >= 0.3 is 0 Å². The number of nitrogens with one attached hydrogen (secondary N) is 1. The van der Waals surface area contributed by atoms with Crippen LogP contribution in [0.5, 0.6) is 0 Å². The third-order valence-electron chi connectivity index (χ3n) is 5.04. The Bertz CT molecular complexity index is 951. The zero-order chi connectivity index (χ0) is 20.1. The summed E-state index contributed by atoms with van der Waals surface area (Å²) in [6.07, 6.45) is 1.72. The number of hydrogen-bond donors (Lipinski definition) is 1. The maximum atomic E-state index is 13.1. The van der Waals surface area contributed by atoms with Gasteiger partial charge in [-0.1, -0.05) is 18.2 Å². The minimum atomic E-state index is -0.208. The van der Waals surface area contributed by atoms with Crippen LogP contribution in [-0.2, 0) is 6.54 Å². The number of aromatic nitrogens is 3.